The summed E-state index contributed by atoms with van der Waals surface area (Å²) in [5.74, 6) is 2.07. The molecule has 3 rings (SSSR count). The highest BCUT2D eigenvalue weighted by Gasteiger charge is 2.29. The second-order valence-corrected chi connectivity index (χ2v) is 9.34. The summed E-state index contributed by atoms with van der Waals surface area (Å²) in [5.41, 5.74) is 2.62. The first kappa shape index (κ1) is 22.3. The number of carbonyl (C=O) groups is 1. The van der Waals surface area contributed by atoms with E-state index >= 15 is 0 Å². The van der Waals surface area contributed by atoms with Gasteiger partial charge in [-0.25, -0.2) is 4.99 Å². The summed E-state index contributed by atoms with van der Waals surface area (Å²) in [6.07, 6.45) is 0.934. The fraction of sp³-hybridized carbons (Fsp3) is 0.600. The number of rotatable bonds is 3. The van der Waals surface area contributed by atoms with Gasteiger partial charge in [-0.2, -0.15) is 11.8 Å². The summed E-state index contributed by atoms with van der Waals surface area (Å²) in [5, 5.41) is 3.36. The molecule has 1 aromatic rings. The second-order valence-electron chi connectivity index (χ2n) is 7.53. The van der Waals surface area contributed by atoms with Crippen LogP contribution in [0.5, 0.6) is 0 Å². The summed E-state index contributed by atoms with van der Waals surface area (Å²) in [6.45, 7) is 11.1. The van der Waals surface area contributed by atoms with Gasteiger partial charge in [0, 0.05) is 43.2 Å². The van der Waals surface area contributed by atoms with Crippen LogP contribution in [0.4, 0.5) is 0 Å². The summed E-state index contributed by atoms with van der Waals surface area (Å²) in [6, 6.07) is 8.40. The molecule has 0 aliphatic carbocycles. The Morgan fingerprint density at radius 3 is 2.67 bits per heavy atom. The normalized spacial score (nSPS) is 19.1. The van der Waals surface area contributed by atoms with Gasteiger partial charge in [-0.1, -0.05) is 24.3 Å². The van der Waals surface area contributed by atoms with Gasteiger partial charge in [-0.15, -0.1) is 24.0 Å². The number of nitrogens with zero attached hydrogens (tertiary/aromatic N) is 3. The van der Waals surface area contributed by atoms with Gasteiger partial charge in [0.25, 0.3) is 0 Å². The molecule has 1 aromatic carbocycles. The highest BCUT2D eigenvalue weighted by molar-refractivity contribution is 14.0. The molecule has 0 spiro atoms. The van der Waals surface area contributed by atoms with Crippen molar-refractivity contribution in [3.05, 3.63) is 35.4 Å². The molecule has 1 N–H and O–H groups in total. The first-order valence-corrected chi connectivity index (χ1v) is 10.5. The lowest BCUT2D eigenvalue weighted by Crippen LogP contribution is -2.51. The molecule has 5 nitrogen and oxygen atoms in total. The maximum absolute atomic E-state index is 12.7. The number of fused-ring (bicyclic) bond motifs is 1. The van der Waals surface area contributed by atoms with Gasteiger partial charge in [-0.3, -0.25) is 4.79 Å². The van der Waals surface area contributed by atoms with Crippen LogP contribution < -0.4 is 5.32 Å². The number of benzene rings is 1. The van der Waals surface area contributed by atoms with Crippen LogP contribution in [0.1, 0.15) is 31.9 Å². The Bertz CT molecular complexity index is 680. The minimum atomic E-state index is 0. The van der Waals surface area contributed by atoms with Crippen molar-refractivity contribution < 1.29 is 4.79 Å². The van der Waals surface area contributed by atoms with Crippen molar-refractivity contribution in [3.63, 3.8) is 0 Å². The number of thioether (sulfide) groups is 1. The van der Waals surface area contributed by atoms with Gasteiger partial charge in [0.15, 0.2) is 5.96 Å². The first-order valence-electron chi connectivity index (χ1n) is 9.50. The molecule has 7 heteroatoms. The third kappa shape index (κ3) is 6.01. The van der Waals surface area contributed by atoms with Crippen LogP contribution in [0.2, 0.25) is 0 Å². The molecular weight excluding hydrogens is 471 g/mol. The molecule has 0 unspecified atom stereocenters. The Morgan fingerprint density at radius 1 is 1.22 bits per heavy atom. The number of halogens is 1. The minimum Gasteiger partial charge on any atom is -0.357 e. The second kappa shape index (κ2) is 10.0. The average Bonchev–Trinajstić information content (AvgIpc) is 2.63. The lowest BCUT2D eigenvalue weighted by molar-refractivity contribution is -0.130. The summed E-state index contributed by atoms with van der Waals surface area (Å²) in [7, 11) is 0. The Hall–Kier alpha value is -0.960. The van der Waals surface area contributed by atoms with Crippen molar-refractivity contribution in [2.24, 2.45) is 4.99 Å². The number of nitrogens with one attached hydrogen (secondary N) is 1. The van der Waals surface area contributed by atoms with Crippen LogP contribution in [0.25, 0.3) is 0 Å². The highest BCUT2D eigenvalue weighted by Crippen LogP contribution is 2.29. The number of amides is 1. The first-order chi connectivity index (χ1) is 12.5. The third-order valence-corrected chi connectivity index (χ3v) is 6.20. The lowest BCUT2D eigenvalue weighted by Gasteiger charge is -2.39. The number of carbonyl (C=O) groups excluding carboxylic acids is 1. The molecule has 0 aromatic heterocycles. The molecule has 0 bridgehead atoms. The molecule has 1 fully saturated rings. The molecule has 150 valence electrons. The number of hydrogen-bond donors (Lipinski definition) is 1. The van der Waals surface area contributed by atoms with E-state index < -0.39 is 0 Å². The quantitative estimate of drug-likeness (QED) is 0.393. The highest BCUT2D eigenvalue weighted by atomic mass is 127. The van der Waals surface area contributed by atoms with E-state index in [0.717, 1.165) is 44.3 Å². The van der Waals surface area contributed by atoms with Gasteiger partial charge < -0.3 is 15.1 Å². The standard InChI is InChI=1S/C20H30N4OS.HI/c1-4-21-19(24-11-12-26-20(2,3)15-24)22-13-18(25)23-10-9-16-7-5-6-8-17(16)14-23;/h5-8H,4,9-15H2,1-3H3,(H,21,22);1H. The van der Waals surface area contributed by atoms with Crippen LogP contribution >= 0.6 is 35.7 Å². The predicted molar refractivity (Wildman–Crippen MR) is 125 cm³/mol. The lowest BCUT2D eigenvalue weighted by atomic mass is 10.00. The molecule has 2 heterocycles. The van der Waals surface area contributed by atoms with E-state index in [0.29, 0.717) is 6.54 Å². The van der Waals surface area contributed by atoms with E-state index in [2.05, 4.69) is 54.2 Å². The molecule has 0 saturated carbocycles. The maximum Gasteiger partial charge on any atom is 0.244 e. The van der Waals surface area contributed by atoms with Crippen LogP contribution in [0.3, 0.4) is 0 Å². The van der Waals surface area contributed by atoms with Gasteiger partial charge in [0.1, 0.15) is 6.54 Å². The number of aliphatic imine (C=N–C) groups is 1. The zero-order valence-electron chi connectivity index (χ0n) is 16.5. The average molecular weight is 502 g/mol. The predicted octanol–water partition coefficient (Wildman–Crippen LogP) is 2.98. The smallest absolute Gasteiger partial charge is 0.244 e. The van der Waals surface area contributed by atoms with Gasteiger partial charge in [0.05, 0.1) is 0 Å². The molecule has 0 atom stereocenters. The SMILES string of the molecule is CCNC(=NCC(=O)N1CCc2ccccc2C1)N1CCSC(C)(C)C1.I. The molecular formula is C20H31IN4OS. The van der Waals surface area contributed by atoms with Crippen molar-refractivity contribution in [2.75, 3.05) is 38.5 Å². The van der Waals surface area contributed by atoms with Crippen molar-refractivity contribution in [1.82, 2.24) is 15.1 Å². The Labute approximate surface area is 184 Å². The third-order valence-electron chi connectivity index (χ3n) is 4.91. The molecule has 2 aliphatic heterocycles. The van der Waals surface area contributed by atoms with Crippen LogP contribution in [-0.2, 0) is 17.8 Å². The van der Waals surface area contributed by atoms with E-state index in [9.17, 15) is 4.79 Å². The maximum atomic E-state index is 12.7. The van der Waals surface area contributed by atoms with Gasteiger partial charge in [-0.05, 0) is 38.3 Å². The Kier molecular flexibility index (Phi) is 8.27. The summed E-state index contributed by atoms with van der Waals surface area (Å²) in [4.78, 5) is 21.6. The van der Waals surface area contributed by atoms with E-state index in [-0.39, 0.29) is 41.2 Å². The molecule has 0 radical (unpaired) electrons. The fourth-order valence-corrected chi connectivity index (χ4v) is 4.69. The Morgan fingerprint density at radius 2 is 1.96 bits per heavy atom. The Balaban J connectivity index is 0.00000261. The zero-order chi connectivity index (χ0) is 18.6. The summed E-state index contributed by atoms with van der Waals surface area (Å²) >= 11 is 2.00. The summed E-state index contributed by atoms with van der Waals surface area (Å²) < 4.78 is 0.217. The van der Waals surface area contributed by atoms with Crippen LogP contribution in [0, 0.1) is 0 Å². The van der Waals surface area contributed by atoms with Gasteiger partial charge >= 0.3 is 0 Å². The van der Waals surface area contributed by atoms with Crippen LogP contribution in [-0.4, -0.2) is 64.9 Å². The van der Waals surface area contributed by atoms with Crippen molar-refractivity contribution in [1.29, 1.82) is 0 Å². The van der Waals surface area contributed by atoms with Crippen molar-refractivity contribution in [2.45, 2.75) is 38.5 Å². The van der Waals surface area contributed by atoms with E-state index in [1.165, 1.54) is 11.1 Å². The largest absolute Gasteiger partial charge is 0.357 e. The monoisotopic (exact) mass is 502 g/mol. The topological polar surface area (TPSA) is 47.9 Å². The van der Waals surface area contributed by atoms with E-state index in [1.54, 1.807) is 0 Å². The molecule has 1 saturated heterocycles. The van der Waals surface area contributed by atoms with E-state index in [1.807, 2.05) is 22.7 Å². The molecule has 27 heavy (non-hydrogen) atoms. The number of guanidine groups is 1. The zero-order valence-corrected chi connectivity index (χ0v) is 19.7. The van der Waals surface area contributed by atoms with Crippen molar-refractivity contribution >= 4 is 47.6 Å². The van der Waals surface area contributed by atoms with Gasteiger partial charge in [0.2, 0.25) is 5.91 Å². The van der Waals surface area contributed by atoms with Crippen molar-refractivity contribution in [3.8, 4) is 0 Å². The molecule has 2 aliphatic rings. The number of hydrogen-bond acceptors (Lipinski definition) is 3. The van der Waals surface area contributed by atoms with E-state index in [4.69, 9.17) is 0 Å². The minimum absolute atomic E-state index is 0. The fourth-order valence-electron chi connectivity index (χ4n) is 3.57. The van der Waals surface area contributed by atoms with Crippen LogP contribution in [0.15, 0.2) is 29.3 Å². The molecule has 1 amide bonds.